The molecule has 5 rings (SSSR count). The van der Waals surface area contributed by atoms with Crippen molar-refractivity contribution >= 4 is 34.2 Å². The largest absolute Gasteiger partial charge is 0.462 e. The number of nitrogens with two attached hydrogens (primary N) is 1. The average Bonchev–Trinajstić information content (AvgIpc) is 3.19. The molecule has 9 heteroatoms. The zero-order chi connectivity index (χ0) is 21.2. The monoisotopic (exact) mass is 404 g/mol. The summed E-state index contributed by atoms with van der Waals surface area (Å²) in [6.07, 6.45) is 0. The minimum Gasteiger partial charge on any atom is -0.462 e. The number of hydrogen-bond acceptors (Lipinski definition) is 6. The summed E-state index contributed by atoms with van der Waals surface area (Å²) in [5, 5.41) is 2.95. The smallest absolute Gasteiger partial charge is 0.341 e. The van der Waals surface area contributed by atoms with Gasteiger partial charge in [-0.2, -0.15) is 4.68 Å². The molecule has 3 aromatic rings. The topological polar surface area (TPSA) is 125 Å². The molecule has 0 bridgehead atoms. The number of amides is 1. The minimum absolute atomic E-state index is 0.0249. The van der Waals surface area contributed by atoms with Crippen molar-refractivity contribution in [3.8, 4) is 0 Å². The molecule has 1 unspecified atom stereocenters. The van der Waals surface area contributed by atoms with Gasteiger partial charge in [0, 0.05) is 11.3 Å². The molecular formula is C21H16N4O5. The first-order valence-electron chi connectivity index (χ1n) is 9.30. The van der Waals surface area contributed by atoms with E-state index in [1.165, 1.54) is 12.1 Å². The SMILES string of the molecule is CCOC(=O)C1=C(N)n2c(=O)c3ccccc3c(=O)n2C12C(=O)Nc1ccccc12. The zero-order valence-corrected chi connectivity index (χ0v) is 15.8. The van der Waals surface area contributed by atoms with Crippen LogP contribution in [-0.4, -0.2) is 27.8 Å². The Hall–Kier alpha value is -4.14. The van der Waals surface area contributed by atoms with Crippen LogP contribution in [0, 0.1) is 0 Å². The maximum absolute atomic E-state index is 13.5. The number of esters is 1. The number of ether oxygens (including phenoxy) is 1. The molecule has 0 fully saturated rings. The Morgan fingerprint density at radius 1 is 1.03 bits per heavy atom. The molecule has 9 nitrogen and oxygen atoms in total. The van der Waals surface area contributed by atoms with Crippen LogP contribution in [0.5, 0.6) is 0 Å². The number of hydrogen-bond donors (Lipinski definition) is 2. The molecule has 0 radical (unpaired) electrons. The molecule has 3 N–H and O–H groups in total. The molecule has 3 heterocycles. The number of nitrogens with one attached hydrogen (secondary N) is 1. The molecule has 2 aliphatic heterocycles. The molecule has 1 amide bonds. The van der Waals surface area contributed by atoms with Gasteiger partial charge in [0.1, 0.15) is 11.4 Å². The summed E-state index contributed by atoms with van der Waals surface area (Å²) in [6.45, 7) is 1.63. The van der Waals surface area contributed by atoms with Gasteiger partial charge in [0.2, 0.25) is 5.54 Å². The van der Waals surface area contributed by atoms with Crippen LogP contribution >= 0.6 is 0 Å². The van der Waals surface area contributed by atoms with E-state index in [4.69, 9.17) is 10.5 Å². The highest BCUT2D eigenvalue weighted by molar-refractivity contribution is 6.16. The highest BCUT2D eigenvalue weighted by Crippen LogP contribution is 2.47. The van der Waals surface area contributed by atoms with Crippen LogP contribution in [0.15, 0.2) is 63.7 Å². The van der Waals surface area contributed by atoms with E-state index in [9.17, 15) is 19.2 Å². The standard InChI is InChI=1S/C21H16N4O5/c1-2-30-19(28)15-16(22)24-17(26)11-7-3-4-8-12(11)18(27)25(24)21(15)13-9-5-6-10-14(13)23-20(21)29/h3-10H,2,22H2,1H3,(H,23,29). The fourth-order valence-corrected chi connectivity index (χ4v) is 4.34. The van der Waals surface area contributed by atoms with Gasteiger partial charge in [0.05, 0.1) is 17.4 Å². The summed E-state index contributed by atoms with van der Waals surface area (Å²) in [5.74, 6) is -1.85. The predicted molar refractivity (Wildman–Crippen MR) is 109 cm³/mol. The van der Waals surface area contributed by atoms with Gasteiger partial charge < -0.3 is 15.8 Å². The average molecular weight is 404 g/mol. The molecule has 2 aromatic carbocycles. The van der Waals surface area contributed by atoms with Gasteiger partial charge >= 0.3 is 5.97 Å². The van der Waals surface area contributed by atoms with E-state index in [0.29, 0.717) is 11.3 Å². The Balaban J connectivity index is 2.03. The second-order valence-electron chi connectivity index (χ2n) is 6.97. The lowest BCUT2D eigenvalue weighted by atomic mass is 9.84. The van der Waals surface area contributed by atoms with Crippen molar-refractivity contribution in [2.45, 2.75) is 12.5 Å². The Labute approximate surface area is 169 Å². The third-order valence-electron chi connectivity index (χ3n) is 5.51. The van der Waals surface area contributed by atoms with E-state index >= 15 is 0 Å². The van der Waals surface area contributed by atoms with Gasteiger partial charge in [-0.25, -0.2) is 9.48 Å². The second kappa shape index (κ2) is 5.93. The van der Waals surface area contributed by atoms with Gasteiger partial charge in [-0.05, 0) is 25.1 Å². The molecule has 150 valence electrons. The maximum atomic E-state index is 13.5. The van der Waals surface area contributed by atoms with E-state index in [1.807, 2.05) is 0 Å². The highest BCUT2D eigenvalue weighted by Gasteiger charge is 2.61. The van der Waals surface area contributed by atoms with Gasteiger partial charge in [0.25, 0.3) is 17.0 Å². The van der Waals surface area contributed by atoms with Crippen molar-refractivity contribution in [1.29, 1.82) is 0 Å². The maximum Gasteiger partial charge on any atom is 0.341 e. The van der Waals surface area contributed by atoms with E-state index in [-0.39, 0.29) is 28.8 Å². The third kappa shape index (κ3) is 1.91. The normalized spacial score (nSPS) is 19.2. The number of carbonyl (C=O) groups excluding carboxylic acids is 2. The molecule has 1 aromatic heterocycles. The van der Waals surface area contributed by atoms with E-state index < -0.39 is 28.5 Å². The van der Waals surface area contributed by atoms with Crippen LogP contribution in [0.4, 0.5) is 5.69 Å². The summed E-state index contributed by atoms with van der Waals surface area (Å²) in [4.78, 5) is 53.2. The Morgan fingerprint density at radius 3 is 2.37 bits per heavy atom. The summed E-state index contributed by atoms with van der Waals surface area (Å²) in [5.41, 5.74) is 3.56. The Morgan fingerprint density at radius 2 is 1.67 bits per heavy atom. The lowest BCUT2D eigenvalue weighted by molar-refractivity contribution is -0.140. The Kier molecular flexibility index (Phi) is 3.54. The zero-order valence-electron chi connectivity index (χ0n) is 15.8. The van der Waals surface area contributed by atoms with Gasteiger partial charge in [-0.3, -0.25) is 14.4 Å². The summed E-state index contributed by atoms with van der Waals surface area (Å²) < 4.78 is 7.04. The van der Waals surface area contributed by atoms with Crippen molar-refractivity contribution in [3.05, 3.63) is 80.4 Å². The molecule has 30 heavy (non-hydrogen) atoms. The molecule has 0 saturated carbocycles. The summed E-state index contributed by atoms with van der Waals surface area (Å²) in [6, 6.07) is 12.9. The second-order valence-corrected chi connectivity index (χ2v) is 6.97. The van der Waals surface area contributed by atoms with Gasteiger partial charge in [0.15, 0.2) is 0 Å². The first-order chi connectivity index (χ1) is 14.4. The molecule has 2 aliphatic rings. The highest BCUT2D eigenvalue weighted by atomic mass is 16.5. The first-order valence-corrected chi connectivity index (χ1v) is 9.30. The van der Waals surface area contributed by atoms with E-state index in [1.54, 1.807) is 43.3 Å². The number of aromatic nitrogens is 2. The quantitative estimate of drug-likeness (QED) is 0.602. The van der Waals surface area contributed by atoms with Crippen LogP contribution in [0.25, 0.3) is 16.6 Å². The fourth-order valence-electron chi connectivity index (χ4n) is 4.34. The number of anilines is 1. The first kappa shape index (κ1) is 17.9. The van der Waals surface area contributed by atoms with E-state index in [0.717, 1.165) is 9.36 Å². The molecule has 0 saturated heterocycles. The molecule has 1 spiro atoms. The van der Waals surface area contributed by atoms with Crippen LogP contribution in [-0.2, 0) is 19.9 Å². The summed E-state index contributed by atoms with van der Waals surface area (Å²) >= 11 is 0. The number of fused-ring (bicyclic) bond motifs is 5. The third-order valence-corrected chi connectivity index (χ3v) is 5.51. The van der Waals surface area contributed by atoms with Crippen molar-refractivity contribution < 1.29 is 14.3 Å². The summed E-state index contributed by atoms with van der Waals surface area (Å²) in [7, 11) is 0. The van der Waals surface area contributed by atoms with Crippen molar-refractivity contribution in [1.82, 2.24) is 9.36 Å². The van der Waals surface area contributed by atoms with Gasteiger partial charge in [-0.1, -0.05) is 30.3 Å². The lowest BCUT2D eigenvalue weighted by Gasteiger charge is -2.26. The molecular weight excluding hydrogens is 388 g/mol. The van der Waals surface area contributed by atoms with Crippen molar-refractivity contribution in [2.75, 3.05) is 11.9 Å². The van der Waals surface area contributed by atoms with Crippen LogP contribution < -0.4 is 22.2 Å². The van der Waals surface area contributed by atoms with E-state index in [2.05, 4.69) is 5.32 Å². The Bertz CT molecular complexity index is 1430. The number of carbonyl (C=O) groups is 2. The van der Waals surface area contributed by atoms with Crippen molar-refractivity contribution in [3.63, 3.8) is 0 Å². The predicted octanol–water partition coefficient (Wildman–Crippen LogP) is 0.563. The van der Waals surface area contributed by atoms with Gasteiger partial charge in [-0.15, -0.1) is 0 Å². The number of nitrogens with zero attached hydrogens (tertiary/aromatic N) is 2. The van der Waals surface area contributed by atoms with Crippen LogP contribution in [0.2, 0.25) is 0 Å². The minimum atomic E-state index is -1.95. The van der Waals surface area contributed by atoms with Crippen molar-refractivity contribution in [2.24, 2.45) is 5.73 Å². The van der Waals surface area contributed by atoms with Crippen LogP contribution in [0.3, 0.4) is 0 Å². The molecule has 0 aliphatic carbocycles. The number of rotatable bonds is 2. The number of para-hydroxylation sites is 1. The lowest BCUT2D eigenvalue weighted by Crippen LogP contribution is -2.52. The van der Waals surface area contributed by atoms with Crippen LogP contribution in [0.1, 0.15) is 12.5 Å². The fraction of sp³-hybridized carbons (Fsp3) is 0.143. The molecule has 1 atom stereocenters. The number of benzene rings is 2.